The molecule has 2 rings (SSSR count). The predicted octanol–water partition coefficient (Wildman–Crippen LogP) is 11.8. The molecule has 0 amide bonds. The van der Waals surface area contributed by atoms with Gasteiger partial charge in [0.2, 0.25) is 0 Å². The average molecular weight is 533 g/mol. The minimum absolute atomic E-state index is 0.0642. The molecular weight excluding hydrogens is 468 g/mol. The molecule has 0 heterocycles. The van der Waals surface area contributed by atoms with Crippen LogP contribution in [0.1, 0.15) is 182 Å². The molecule has 39 heavy (non-hydrogen) atoms. The Morgan fingerprint density at radius 3 is 1.15 bits per heavy atom. The Labute approximate surface area is 244 Å². The van der Waals surface area contributed by atoms with Gasteiger partial charge >= 0.3 is 0 Å². The van der Waals surface area contributed by atoms with Gasteiger partial charge in [0, 0.05) is 0 Å². The summed E-state index contributed by atoms with van der Waals surface area (Å²) in [6, 6.07) is 10.0. The number of hydrogen-bond acceptors (Lipinski definition) is 0. The smallest absolute Gasteiger partial charge is 0.0126 e. The summed E-state index contributed by atoms with van der Waals surface area (Å²) in [6.45, 7) is 45.5. The molecule has 0 bridgehead atoms. The Morgan fingerprint density at radius 2 is 0.846 bits per heavy atom. The summed E-state index contributed by atoms with van der Waals surface area (Å²) in [7, 11) is 0. The standard InChI is InChI=1S/C39H64/c1-25(31-29(36(8,9)10)23-27(34(2,3)4)24-30(31)37(11,12)13)22-26-20-21-28(35(5,6)7)33(39(17,18)19)32(26)38(14,15)16/h20-21,23-25H,22H2,1-19H3. The third-order valence-corrected chi connectivity index (χ3v) is 8.28. The lowest BCUT2D eigenvalue weighted by Gasteiger charge is -2.39. The van der Waals surface area contributed by atoms with Crippen molar-refractivity contribution < 1.29 is 0 Å². The maximum absolute atomic E-state index is 2.54. The molecule has 1 unspecified atom stereocenters. The summed E-state index contributed by atoms with van der Waals surface area (Å²) < 4.78 is 0. The van der Waals surface area contributed by atoms with Gasteiger partial charge in [0.05, 0.1) is 0 Å². The summed E-state index contributed by atoms with van der Waals surface area (Å²) in [4.78, 5) is 0. The zero-order chi connectivity index (χ0) is 30.7. The first kappa shape index (κ1) is 33.6. The molecule has 0 saturated carbocycles. The zero-order valence-corrected chi connectivity index (χ0v) is 29.6. The van der Waals surface area contributed by atoms with Crippen LogP contribution in [0.5, 0.6) is 0 Å². The molecule has 0 aliphatic heterocycles. The molecule has 2 aromatic rings. The van der Waals surface area contributed by atoms with Crippen molar-refractivity contribution in [2.75, 3.05) is 0 Å². The Bertz CT molecular complexity index is 1120. The van der Waals surface area contributed by atoms with Crippen LogP contribution in [-0.4, -0.2) is 0 Å². The lowest BCUT2D eigenvalue weighted by molar-refractivity contribution is 0.490. The van der Waals surface area contributed by atoms with Gasteiger partial charge in [-0.15, -0.1) is 0 Å². The monoisotopic (exact) mass is 533 g/mol. The quantitative estimate of drug-likeness (QED) is 0.369. The molecule has 2 aromatic carbocycles. The van der Waals surface area contributed by atoms with E-state index in [4.69, 9.17) is 0 Å². The highest BCUT2D eigenvalue weighted by molar-refractivity contribution is 5.53. The maximum atomic E-state index is 2.54. The summed E-state index contributed by atoms with van der Waals surface area (Å²) in [6.07, 6.45) is 1.06. The Balaban J connectivity index is 2.96. The zero-order valence-electron chi connectivity index (χ0n) is 29.6. The van der Waals surface area contributed by atoms with E-state index in [-0.39, 0.29) is 32.5 Å². The second-order valence-corrected chi connectivity index (χ2v) is 18.6. The fourth-order valence-electron chi connectivity index (χ4n) is 6.37. The molecule has 0 aliphatic carbocycles. The second-order valence-electron chi connectivity index (χ2n) is 18.6. The Morgan fingerprint density at radius 1 is 0.462 bits per heavy atom. The summed E-state index contributed by atoms with van der Waals surface area (Å²) in [5, 5.41) is 0. The minimum Gasteiger partial charge on any atom is -0.0584 e. The van der Waals surface area contributed by atoms with E-state index < -0.39 is 0 Å². The van der Waals surface area contributed by atoms with Gasteiger partial charge in [-0.3, -0.25) is 0 Å². The van der Waals surface area contributed by atoms with E-state index in [1.807, 2.05) is 0 Å². The summed E-state index contributed by atoms with van der Waals surface area (Å²) in [5.41, 5.74) is 12.7. The van der Waals surface area contributed by atoms with Gasteiger partial charge in [-0.25, -0.2) is 0 Å². The van der Waals surface area contributed by atoms with Gasteiger partial charge in [-0.1, -0.05) is 156 Å². The number of hydrogen-bond donors (Lipinski definition) is 0. The van der Waals surface area contributed by atoms with E-state index in [1.54, 1.807) is 16.7 Å². The first-order valence-electron chi connectivity index (χ1n) is 15.4. The topological polar surface area (TPSA) is 0 Å². The SMILES string of the molecule is CC(Cc1ccc(C(C)(C)C)c(C(C)(C)C)c1C(C)(C)C)c1c(C(C)(C)C)cc(C(C)(C)C)cc1C(C)(C)C. The highest BCUT2D eigenvalue weighted by Gasteiger charge is 2.35. The predicted molar refractivity (Wildman–Crippen MR) is 177 cm³/mol. The van der Waals surface area contributed by atoms with Crippen molar-refractivity contribution in [3.8, 4) is 0 Å². The maximum Gasteiger partial charge on any atom is -0.0126 e. The molecule has 0 saturated heterocycles. The van der Waals surface area contributed by atoms with Crippen LogP contribution >= 0.6 is 0 Å². The second kappa shape index (κ2) is 10.4. The molecule has 0 aliphatic rings. The van der Waals surface area contributed by atoms with E-state index in [2.05, 4.69) is 156 Å². The average Bonchev–Trinajstić information content (AvgIpc) is 2.68. The minimum atomic E-state index is 0.0642. The van der Waals surface area contributed by atoms with Crippen LogP contribution in [0.25, 0.3) is 0 Å². The van der Waals surface area contributed by atoms with Gasteiger partial charge in [0.15, 0.2) is 0 Å². The van der Waals surface area contributed by atoms with Crippen LogP contribution < -0.4 is 0 Å². The molecule has 0 spiro atoms. The fourth-order valence-corrected chi connectivity index (χ4v) is 6.37. The highest BCUT2D eigenvalue weighted by atomic mass is 14.4. The molecule has 220 valence electrons. The van der Waals surface area contributed by atoms with E-state index >= 15 is 0 Å². The van der Waals surface area contributed by atoms with E-state index in [0.29, 0.717) is 5.92 Å². The van der Waals surface area contributed by atoms with Crippen molar-refractivity contribution in [1.82, 2.24) is 0 Å². The molecule has 0 radical (unpaired) electrons. The summed E-state index contributed by atoms with van der Waals surface area (Å²) >= 11 is 0. The summed E-state index contributed by atoms with van der Waals surface area (Å²) in [5.74, 6) is 0.414. The molecule has 0 heteroatoms. The van der Waals surface area contributed by atoms with Crippen LogP contribution in [-0.2, 0) is 38.9 Å². The van der Waals surface area contributed by atoms with E-state index in [1.165, 1.54) is 27.8 Å². The van der Waals surface area contributed by atoms with Crippen LogP contribution in [0, 0.1) is 0 Å². The first-order chi connectivity index (χ1) is 17.1. The molecule has 0 nitrogen and oxygen atoms in total. The molecule has 0 fully saturated rings. The molecule has 1 atom stereocenters. The van der Waals surface area contributed by atoms with Crippen LogP contribution in [0.3, 0.4) is 0 Å². The lowest BCUT2D eigenvalue weighted by Crippen LogP contribution is -2.30. The first-order valence-corrected chi connectivity index (χ1v) is 15.4. The van der Waals surface area contributed by atoms with Crippen LogP contribution in [0.2, 0.25) is 0 Å². The van der Waals surface area contributed by atoms with E-state index in [9.17, 15) is 0 Å². The van der Waals surface area contributed by atoms with Gasteiger partial charge < -0.3 is 0 Å². The van der Waals surface area contributed by atoms with Crippen molar-refractivity contribution in [2.45, 2.75) is 176 Å². The molecular formula is C39H64. The van der Waals surface area contributed by atoms with Crippen molar-refractivity contribution in [1.29, 1.82) is 0 Å². The number of benzene rings is 2. The Hall–Kier alpha value is -1.56. The van der Waals surface area contributed by atoms with Crippen molar-refractivity contribution in [2.24, 2.45) is 0 Å². The molecule has 0 aromatic heterocycles. The largest absolute Gasteiger partial charge is 0.0584 e. The lowest BCUT2D eigenvalue weighted by atomic mass is 9.65. The fraction of sp³-hybridized carbons (Fsp3) is 0.692. The number of rotatable bonds is 3. The van der Waals surface area contributed by atoms with Gasteiger partial charge in [-0.05, 0) is 89.3 Å². The van der Waals surface area contributed by atoms with Crippen LogP contribution in [0.4, 0.5) is 0 Å². The van der Waals surface area contributed by atoms with Crippen molar-refractivity contribution in [3.05, 3.63) is 68.8 Å². The normalized spacial score (nSPS) is 15.1. The van der Waals surface area contributed by atoms with Crippen molar-refractivity contribution >= 4 is 0 Å². The highest BCUT2D eigenvalue weighted by Crippen LogP contribution is 2.46. The van der Waals surface area contributed by atoms with Crippen LogP contribution in [0.15, 0.2) is 24.3 Å². The van der Waals surface area contributed by atoms with Crippen molar-refractivity contribution in [3.63, 3.8) is 0 Å². The van der Waals surface area contributed by atoms with Gasteiger partial charge in [-0.2, -0.15) is 0 Å². The third kappa shape index (κ3) is 7.59. The Kier molecular flexibility index (Phi) is 8.94. The molecule has 0 N–H and O–H groups in total. The third-order valence-electron chi connectivity index (χ3n) is 8.28. The van der Waals surface area contributed by atoms with Gasteiger partial charge in [0.25, 0.3) is 0 Å². The van der Waals surface area contributed by atoms with E-state index in [0.717, 1.165) is 6.42 Å². The van der Waals surface area contributed by atoms with Gasteiger partial charge in [0.1, 0.15) is 0 Å².